The molecule has 0 aliphatic carbocycles. The molecule has 32 valence electrons. The standard InChI is InChI=1S/C3H5Cl.GeH4/c1-2-3-4;/h2H,1,3H2;1H4. The molecule has 0 spiro atoms. The summed E-state index contributed by atoms with van der Waals surface area (Å²) in [4.78, 5) is 0. The van der Waals surface area contributed by atoms with Crippen molar-refractivity contribution in [2.24, 2.45) is 0 Å². The summed E-state index contributed by atoms with van der Waals surface area (Å²) in [7, 11) is 0. The van der Waals surface area contributed by atoms with E-state index in [0.29, 0.717) is 5.88 Å². The number of rotatable bonds is 1. The van der Waals surface area contributed by atoms with Crippen molar-refractivity contribution in [1.29, 1.82) is 0 Å². The van der Waals surface area contributed by atoms with Crippen molar-refractivity contribution in [3.63, 3.8) is 0 Å². The van der Waals surface area contributed by atoms with Crippen LogP contribution in [0.5, 0.6) is 0 Å². The van der Waals surface area contributed by atoms with Crippen LogP contribution in [0.3, 0.4) is 0 Å². The second-order valence-electron chi connectivity index (χ2n) is 0.443. The van der Waals surface area contributed by atoms with E-state index >= 15 is 0 Å². The molecule has 0 rings (SSSR count). The van der Waals surface area contributed by atoms with Crippen LogP contribution in [0.1, 0.15) is 0 Å². The van der Waals surface area contributed by atoms with Gasteiger partial charge < -0.3 is 0 Å². The Morgan fingerprint density at radius 1 is 1.80 bits per heavy atom. The van der Waals surface area contributed by atoms with Crippen LogP contribution in [-0.2, 0) is 0 Å². The van der Waals surface area contributed by atoms with Gasteiger partial charge in [-0.15, -0.1) is 18.2 Å². The third kappa shape index (κ3) is 12.2. The molecule has 5 heavy (non-hydrogen) atoms. The molecule has 0 aliphatic heterocycles. The van der Waals surface area contributed by atoms with Gasteiger partial charge in [0, 0.05) is 5.88 Å². The molecule has 0 saturated heterocycles. The zero-order chi connectivity index (χ0) is 3.41. The first-order valence-electron chi connectivity index (χ1n) is 1.08. The van der Waals surface area contributed by atoms with Crippen molar-refractivity contribution < 1.29 is 0 Å². The van der Waals surface area contributed by atoms with E-state index in [2.05, 4.69) is 6.58 Å². The molecule has 0 saturated carbocycles. The van der Waals surface area contributed by atoms with Gasteiger partial charge in [-0.05, 0) is 0 Å². The molecule has 0 fully saturated rings. The summed E-state index contributed by atoms with van der Waals surface area (Å²) in [5, 5.41) is 0. The maximum absolute atomic E-state index is 5.07. The minimum atomic E-state index is 0. The summed E-state index contributed by atoms with van der Waals surface area (Å²) in [6.07, 6.45) is 1.64. The molecule has 0 atom stereocenters. The second kappa shape index (κ2) is 8.82. The van der Waals surface area contributed by atoms with E-state index in [9.17, 15) is 0 Å². The van der Waals surface area contributed by atoms with E-state index in [0.717, 1.165) is 0 Å². The molecule has 0 N–H and O–H groups in total. The molecule has 0 radical (unpaired) electrons. The summed E-state index contributed by atoms with van der Waals surface area (Å²) < 4.78 is 0. The molecule has 0 heterocycles. The Kier molecular flexibility index (Phi) is 16.1. The Balaban J connectivity index is 0. The van der Waals surface area contributed by atoms with Crippen LogP contribution in [0, 0.1) is 0 Å². The molecule has 0 nitrogen and oxygen atoms in total. The summed E-state index contributed by atoms with van der Waals surface area (Å²) >= 11 is 5.07. The number of alkyl halides is 1. The summed E-state index contributed by atoms with van der Waals surface area (Å²) in [6, 6.07) is 0. The first-order valence-corrected chi connectivity index (χ1v) is 1.62. The maximum atomic E-state index is 5.07. The van der Waals surface area contributed by atoms with Crippen LogP contribution in [0.2, 0.25) is 0 Å². The van der Waals surface area contributed by atoms with E-state index in [1.165, 1.54) is 0 Å². The van der Waals surface area contributed by atoms with Gasteiger partial charge in [0.25, 0.3) is 0 Å². The van der Waals surface area contributed by atoms with Crippen LogP contribution >= 0.6 is 11.6 Å². The fraction of sp³-hybridized carbons (Fsp3) is 0.333. The predicted octanol–water partition coefficient (Wildman–Crippen LogP) is -0.0404. The van der Waals surface area contributed by atoms with Gasteiger partial charge in [0.15, 0.2) is 0 Å². The Labute approximate surface area is 48.2 Å². The van der Waals surface area contributed by atoms with Crippen molar-refractivity contribution in [1.82, 2.24) is 0 Å². The van der Waals surface area contributed by atoms with Gasteiger partial charge in [0.1, 0.15) is 0 Å². The SMILES string of the molecule is C=CCCl.[GeH4]. The minimum absolute atomic E-state index is 0. The monoisotopic (exact) mass is 154 g/mol. The predicted molar refractivity (Wildman–Crippen MR) is 32.3 cm³/mol. The molecule has 0 amide bonds. The molecule has 2 heteroatoms. The number of hydrogen-bond acceptors (Lipinski definition) is 0. The average molecular weight is 153 g/mol. The Morgan fingerprint density at radius 3 is 2.00 bits per heavy atom. The molecular formula is C3H9ClGe. The summed E-state index contributed by atoms with van der Waals surface area (Å²) in [6.45, 7) is 3.35. The fourth-order valence-electron chi connectivity index (χ4n) is 0. The van der Waals surface area contributed by atoms with Crippen LogP contribution in [-0.4, -0.2) is 23.5 Å². The molecule has 0 aromatic carbocycles. The molecule has 0 unspecified atom stereocenters. The average Bonchev–Trinajstić information content (AvgIpc) is 1.37. The fourth-order valence-corrected chi connectivity index (χ4v) is 0. The Morgan fingerprint density at radius 2 is 2.00 bits per heavy atom. The molecule has 0 aromatic heterocycles. The van der Waals surface area contributed by atoms with E-state index in [4.69, 9.17) is 11.6 Å². The van der Waals surface area contributed by atoms with Gasteiger partial charge in [0.05, 0.1) is 0 Å². The van der Waals surface area contributed by atoms with Crippen molar-refractivity contribution in [2.45, 2.75) is 0 Å². The third-order valence-electron chi connectivity index (χ3n) is 0.109. The Bertz CT molecular complexity index is 20.9. The van der Waals surface area contributed by atoms with Crippen molar-refractivity contribution in [3.8, 4) is 0 Å². The zero-order valence-corrected chi connectivity index (χ0v) is 3.13. The van der Waals surface area contributed by atoms with Crippen LogP contribution in [0.4, 0.5) is 0 Å². The van der Waals surface area contributed by atoms with E-state index in [1.54, 1.807) is 6.08 Å². The number of halogens is 1. The van der Waals surface area contributed by atoms with Gasteiger partial charge in [-0.3, -0.25) is 0 Å². The van der Waals surface area contributed by atoms with Crippen LogP contribution in [0.25, 0.3) is 0 Å². The molecule has 0 bridgehead atoms. The molecule has 0 aliphatic rings. The Hall–Kier alpha value is 0.573. The normalized spacial score (nSPS) is 5.00. The van der Waals surface area contributed by atoms with Crippen LogP contribution in [0.15, 0.2) is 12.7 Å². The summed E-state index contributed by atoms with van der Waals surface area (Å²) in [5.74, 6) is 0.556. The van der Waals surface area contributed by atoms with Crippen molar-refractivity contribution in [2.75, 3.05) is 5.88 Å². The van der Waals surface area contributed by atoms with E-state index in [-0.39, 0.29) is 17.6 Å². The quantitative estimate of drug-likeness (QED) is 0.282. The topological polar surface area (TPSA) is 0 Å². The van der Waals surface area contributed by atoms with Gasteiger partial charge >= 0.3 is 17.6 Å². The van der Waals surface area contributed by atoms with Gasteiger partial charge in [-0.2, -0.15) is 0 Å². The first kappa shape index (κ1) is 9.13. The van der Waals surface area contributed by atoms with Crippen molar-refractivity contribution in [3.05, 3.63) is 12.7 Å². The second-order valence-corrected chi connectivity index (χ2v) is 0.752. The van der Waals surface area contributed by atoms with Gasteiger partial charge in [-0.25, -0.2) is 0 Å². The molecular weight excluding hydrogens is 144 g/mol. The molecule has 0 aromatic rings. The number of allylic oxidation sites excluding steroid dienone is 1. The third-order valence-corrected chi connectivity index (χ3v) is 0.327. The van der Waals surface area contributed by atoms with E-state index in [1.807, 2.05) is 0 Å². The van der Waals surface area contributed by atoms with Gasteiger partial charge in [0.2, 0.25) is 0 Å². The summed E-state index contributed by atoms with van der Waals surface area (Å²) in [5.41, 5.74) is 0. The van der Waals surface area contributed by atoms with Crippen molar-refractivity contribution >= 4 is 29.2 Å². The van der Waals surface area contributed by atoms with Gasteiger partial charge in [-0.1, -0.05) is 6.08 Å². The van der Waals surface area contributed by atoms with E-state index < -0.39 is 0 Å². The van der Waals surface area contributed by atoms with Crippen LogP contribution < -0.4 is 0 Å². The zero-order valence-electron chi connectivity index (χ0n) is 2.37. The number of hydrogen-bond donors (Lipinski definition) is 0. The first-order chi connectivity index (χ1) is 1.91.